The lowest BCUT2D eigenvalue weighted by Gasteiger charge is -2.50. The number of nitrogens with two attached hydrogens (primary N) is 1. The minimum atomic E-state index is 0.283. The minimum Gasteiger partial charge on any atom is -0.329 e. The van der Waals surface area contributed by atoms with E-state index in [9.17, 15) is 0 Å². The van der Waals surface area contributed by atoms with Crippen molar-refractivity contribution >= 4 is 0 Å². The molecule has 0 bridgehead atoms. The number of rotatable bonds is 2. The van der Waals surface area contributed by atoms with E-state index >= 15 is 0 Å². The summed E-state index contributed by atoms with van der Waals surface area (Å²) in [6, 6.07) is 1.41. The highest BCUT2D eigenvalue weighted by Crippen LogP contribution is 2.33. The number of likely N-dealkylation sites (N-methyl/N-ethyl adjacent to an activating group) is 1. The van der Waals surface area contributed by atoms with E-state index in [1.165, 1.54) is 25.9 Å². The molecular weight excluding hydrogens is 174 g/mol. The molecule has 1 heterocycles. The summed E-state index contributed by atoms with van der Waals surface area (Å²) in [5, 5.41) is 0. The van der Waals surface area contributed by atoms with Gasteiger partial charge in [-0.2, -0.15) is 0 Å². The average Bonchev–Trinajstić information content (AvgIpc) is 2.92. The van der Waals surface area contributed by atoms with E-state index < -0.39 is 0 Å². The van der Waals surface area contributed by atoms with Crippen molar-refractivity contribution in [1.29, 1.82) is 0 Å². The van der Waals surface area contributed by atoms with Gasteiger partial charge in [-0.25, -0.2) is 0 Å². The van der Waals surface area contributed by atoms with Crippen LogP contribution in [0.3, 0.4) is 0 Å². The van der Waals surface area contributed by atoms with Gasteiger partial charge >= 0.3 is 0 Å². The summed E-state index contributed by atoms with van der Waals surface area (Å²) in [6.45, 7) is 7.79. The van der Waals surface area contributed by atoms with Gasteiger partial charge in [0.2, 0.25) is 0 Å². The first-order chi connectivity index (χ1) is 6.54. The first-order valence-electron chi connectivity index (χ1n) is 5.71. The van der Waals surface area contributed by atoms with Gasteiger partial charge in [-0.05, 0) is 33.7 Å². The molecule has 1 aliphatic heterocycles. The summed E-state index contributed by atoms with van der Waals surface area (Å²) >= 11 is 0. The molecule has 0 amide bonds. The summed E-state index contributed by atoms with van der Waals surface area (Å²) in [5.74, 6) is 0. The Labute approximate surface area is 87.2 Å². The number of piperazine rings is 1. The Morgan fingerprint density at radius 1 is 1.36 bits per heavy atom. The maximum absolute atomic E-state index is 5.83. The normalized spacial score (nSPS) is 34.7. The Morgan fingerprint density at radius 2 is 2.00 bits per heavy atom. The first kappa shape index (κ1) is 10.4. The molecule has 2 aliphatic rings. The summed E-state index contributed by atoms with van der Waals surface area (Å²) in [5.41, 5.74) is 6.11. The summed E-state index contributed by atoms with van der Waals surface area (Å²) in [7, 11) is 2.21. The molecule has 1 saturated heterocycles. The molecule has 0 aromatic heterocycles. The SMILES string of the molecule is CN1C(CN)CN(C2CC2)CC1(C)C. The molecule has 1 atom stereocenters. The fourth-order valence-corrected chi connectivity index (χ4v) is 2.51. The summed E-state index contributed by atoms with van der Waals surface area (Å²) in [4.78, 5) is 5.09. The van der Waals surface area contributed by atoms with E-state index in [1.54, 1.807) is 0 Å². The van der Waals surface area contributed by atoms with Crippen LogP contribution in [0.4, 0.5) is 0 Å². The van der Waals surface area contributed by atoms with Crippen LogP contribution in [0.2, 0.25) is 0 Å². The second-order valence-corrected chi connectivity index (χ2v) is 5.47. The molecule has 3 nitrogen and oxygen atoms in total. The zero-order valence-corrected chi connectivity index (χ0v) is 9.66. The Bertz CT molecular complexity index is 211. The highest BCUT2D eigenvalue weighted by Gasteiger charge is 2.41. The average molecular weight is 197 g/mol. The van der Waals surface area contributed by atoms with E-state index in [1.807, 2.05) is 0 Å². The van der Waals surface area contributed by atoms with Crippen LogP contribution >= 0.6 is 0 Å². The van der Waals surface area contributed by atoms with Crippen LogP contribution in [-0.4, -0.2) is 54.1 Å². The lowest BCUT2D eigenvalue weighted by Crippen LogP contribution is -2.64. The topological polar surface area (TPSA) is 32.5 Å². The van der Waals surface area contributed by atoms with Crippen LogP contribution in [0.1, 0.15) is 26.7 Å². The van der Waals surface area contributed by atoms with Crippen LogP contribution in [0.25, 0.3) is 0 Å². The molecule has 2 N–H and O–H groups in total. The third-order valence-corrected chi connectivity index (χ3v) is 3.87. The van der Waals surface area contributed by atoms with Crippen molar-refractivity contribution in [3.63, 3.8) is 0 Å². The lowest BCUT2D eigenvalue weighted by atomic mass is 9.95. The summed E-state index contributed by atoms with van der Waals surface area (Å²) < 4.78 is 0. The quantitative estimate of drug-likeness (QED) is 0.700. The molecule has 2 fully saturated rings. The number of nitrogens with zero attached hydrogens (tertiary/aromatic N) is 2. The standard InChI is InChI=1S/C11H23N3/c1-11(2)8-14(9-4-5-9)7-10(6-12)13(11)3/h9-10H,4-8,12H2,1-3H3. The highest BCUT2D eigenvalue weighted by atomic mass is 15.3. The number of hydrogen-bond donors (Lipinski definition) is 1. The van der Waals surface area contributed by atoms with E-state index in [2.05, 4.69) is 30.7 Å². The van der Waals surface area contributed by atoms with Gasteiger partial charge in [0.1, 0.15) is 0 Å². The third kappa shape index (κ3) is 1.81. The smallest absolute Gasteiger partial charge is 0.0348 e. The molecule has 14 heavy (non-hydrogen) atoms. The molecular formula is C11H23N3. The van der Waals surface area contributed by atoms with Crippen molar-refractivity contribution in [2.75, 3.05) is 26.7 Å². The van der Waals surface area contributed by atoms with E-state index in [0.29, 0.717) is 6.04 Å². The largest absolute Gasteiger partial charge is 0.329 e. The molecule has 82 valence electrons. The second-order valence-electron chi connectivity index (χ2n) is 5.47. The predicted molar refractivity (Wildman–Crippen MR) is 59.3 cm³/mol. The fraction of sp³-hybridized carbons (Fsp3) is 1.00. The van der Waals surface area contributed by atoms with Crippen LogP contribution in [-0.2, 0) is 0 Å². The molecule has 3 heteroatoms. The Balaban J connectivity index is 2.06. The zero-order valence-electron chi connectivity index (χ0n) is 9.66. The van der Waals surface area contributed by atoms with Crippen LogP contribution in [0.15, 0.2) is 0 Å². The second kappa shape index (κ2) is 3.47. The third-order valence-electron chi connectivity index (χ3n) is 3.87. The molecule has 2 rings (SSSR count). The maximum atomic E-state index is 5.83. The summed E-state index contributed by atoms with van der Waals surface area (Å²) in [6.07, 6.45) is 2.80. The Kier molecular flexibility index (Phi) is 2.58. The van der Waals surface area contributed by atoms with Gasteiger partial charge < -0.3 is 5.73 Å². The molecule has 0 spiro atoms. The van der Waals surface area contributed by atoms with Crippen LogP contribution in [0, 0.1) is 0 Å². The van der Waals surface area contributed by atoms with Crippen molar-refractivity contribution in [3.05, 3.63) is 0 Å². The van der Waals surface area contributed by atoms with Gasteiger partial charge in [0.15, 0.2) is 0 Å². The Hall–Kier alpha value is -0.120. The minimum absolute atomic E-state index is 0.283. The van der Waals surface area contributed by atoms with E-state index in [-0.39, 0.29) is 5.54 Å². The van der Waals surface area contributed by atoms with Gasteiger partial charge in [-0.15, -0.1) is 0 Å². The van der Waals surface area contributed by atoms with Gasteiger partial charge in [0.25, 0.3) is 0 Å². The first-order valence-corrected chi connectivity index (χ1v) is 5.71. The predicted octanol–water partition coefficient (Wildman–Crippen LogP) is 0.502. The molecule has 0 radical (unpaired) electrons. The van der Waals surface area contributed by atoms with Crippen molar-refractivity contribution in [2.24, 2.45) is 5.73 Å². The van der Waals surface area contributed by atoms with Crippen molar-refractivity contribution in [1.82, 2.24) is 9.80 Å². The van der Waals surface area contributed by atoms with Crippen molar-refractivity contribution in [2.45, 2.75) is 44.3 Å². The van der Waals surface area contributed by atoms with Gasteiger partial charge in [0, 0.05) is 37.3 Å². The van der Waals surface area contributed by atoms with Crippen LogP contribution < -0.4 is 5.73 Å². The van der Waals surface area contributed by atoms with Crippen molar-refractivity contribution < 1.29 is 0 Å². The molecule has 1 saturated carbocycles. The van der Waals surface area contributed by atoms with Crippen molar-refractivity contribution in [3.8, 4) is 0 Å². The molecule has 1 unspecified atom stereocenters. The fourth-order valence-electron chi connectivity index (χ4n) is 2.51. The van der Waals surface area contributed by atoms with Gasteiger partial charge in [-0.1, -0.05) is 0 Å². The van der Waals surface area contributed by atoms with E-state index in [0.717, 1.165) is 12.6 Å². The lowest BCUT2D eigenvalue weighted by molar-refractivity contribution is -0.00641. The molecule has 0 aromatic rings. The number of hydrogen-bond acceptors (Lipinski definition) is 3. The highest BCUT2D eigenvalue weighted by molar-refractivity contribution is 4.99. The van der Waals surface area contributed by atoms with Gasteiger partial charge in [0.05, 0.1) is 0 Å². The maximum Gasteiger partial charge on any atom is 0.0348 e. The monoisotopic (exact) mass is 197 g/mol. The Morgan fingerprint density at radius 3 is 2.50 bits per heavy atom. The van der Waals surface area contributed by atoms with E-state index in [4.69, 9.17) is 5.73 Å². The molecule has 1 aliphatic carbocycles. The zero-order chi connectivity index (χ0) is 10.3. The van der Waals surface area contributed by atoms with Gasteiger partial charge in [-0.3, -0.25) is 9.80 Å². The molecule has 0 aromatic carbocycles. The van der Waals surface area contributed by atoms with Crippen LogP contribution in [0.5, 0.6) is 0 Å².